The SMILES string of the molecule is CC(C)OCCNc1ncc(C(C)(F)F)cn1.CC(C)OCCNc1ncccn1. The fourth-order valence-corrected chi connectivity index (χ4v) is 1.95. The van der Waals surface area contributed by atoms with E-state index >= 15 is 0 Å². The zero-order chi connectivity index (χ0) is 22.4. The predicted molar refractivity (Wildman–Crippen MR) is 113 cm³/mol. The van der Waals surface area contributed by atoms with Gasteiger partial charge in [0.05, 0.1) is 31.0 Å². The van der Waals surface area contributed by atoms with Gasteiger partial charge in [0, 0.05) is 44.8 Å². The molecule has 0 amide bonds. The molecule has 10 heteroatoms. The van der Waals surface area contributed by atoms with Crippen molar-refractivity contribution in [2.75, 3.05) is 36.9 Å². The summed E-state index contributed by atoms with van der Waals surface area (Å²) in [6.07, 6.45) is 6.10. The highest BCUT2D eigenvalue weighted by Crippen LogP contribution is 2.25. The van der Waals surface area contributed by atoms with Gasteiger partial charge in [0.25, 0.3) is 5.92 Å². The molecule has 0 atom stereocenters. The summed E-state index contributed by atoms with van der Waals surface area (Å²) in [6, 6.07) is 1.79. The lowest BCUT2D eigenvalue weighted by Gasteiger charge is -2.11. The van der Waals surface area contributed by atoms with E-state index in [1.54, 1.807) is 18.5 Å². The number of anilines is 2. The third-order valence-electron chi connectivity index (χ3n) is 3.40. The van der Waals surface area contributed by atoms with E-state index < -0.39 is 5.92 Å². The number of rotatable bonds is 11. The molecule has 0 saturated carbocycles. The molecular weight excluding hydrogens is 394 g/mol. The fourth-order valence-electron chi connectivity index (χ4n) is 1.95. The normalized spacial score (nSPS) is 11.2. The van der Waals surface area contributed by atoms with Gasteiger partial charge in [-0.05, 0) is 33.8 Å². The Kier molecular flexibility index (Phi) is 11.7. The Bertz CT molecular complexity index is 682. The smallest absolute Gasteiger partial charge is 0.273 e. The molecule has 0 aliphatic heterocycles. The summed E-state index contributed by atoms with van der Waals surface area (Å²) in [4.78, 5) is 15.6. The molecule has 0 radical (unpaired) electrons. The zero-order valence-corrected chi connectivity index (χ0v) is 18.2. The van der Waals surface area contributed by atoms with Crippen molar-refractivity contribution >= 4 is 11.9 Å². The van der Waals surface area contributed by atoms with Gasteiger partial charge in [0.2, 0.25) is 11.9 Å². The molecular formula is C20H32F2N6O2. The molecule has 0 bridgehead atoms. The topological polar surface area (TPSA) is 94.1 Å². The predicted octanol–water partition coefficient (Wildman–Crippen LogP) is 3.74. The van der Waals surface area contributed by atoms with E-state index in [2.05, 4.69) is 30.6 Å². The monoisotopic (exact) mass is 426 g/mol. The third-order valence-corrected chi connectivity index (χ3v) is 3.40. The lowest BCUT2D eigenvalue weighted by Crippen LogP contribution is -2.15. The summed E-state index contributed by atoms with van der Waals surface area (Å²) < 4.78 is 36.4. The lowest BCUT2D eigenvalue weighted by atomic mass is 10.2. The van der Waals surface area contributed by atoms with E-state index in [9.17, 15) is 8.78 Å². The molecule has 0 aliphatic carbocycles. The van der Waals surface area contributed by atoms with Gasteiger partial charge < -0.3 is 20.1 Å². The molecule has 0 saturated heterocycles. The molecule has 30 heavy (non-hydrogen) atoms. The maximum absolute atomic E-state index is 12.9. The fraction of sp³-hybridized carbons (Fsp3) is 0.600. The van der Waals surface area contributed by atoms with Crippen LogP contribution in [0.3, 0.4) is 0 Å². The maximum Gasteiger partial charge on any atom is 0.273 e. The van der Waals surface area contributed by atoms with Crippen LogP contribution in [-0.2, 0) is 15.4 Å². The van der Waals surface area contributed by atoms with Crippen molar-refractivity contribution in [3.8, 4) is 0 Å². The number of hydrogen-bond acceptors (Lipinski definition) is 8. The Hall–Kier alpha value is -2.46. The Balaban J connectivity index is 0.000000311. The quantitative estimate of drug-likeness (QED) is 0.525. The molecule has 0 fully saturated rings. The first-order valence-corrected chi connectivity index (χ1v) is 9.86. The maximum atomic E-state index is 12.9. The molecule has 0 spiro atoms. The second-order valence-corrected chi connectivity index (χ2v) is 6.95. The second-order valence-electron chi connectivity index (χ2n) is 6.95. The van der Waals surface area contributed by atoms with Gasteiger partial charge in [-0.15, -0.1) is 0 Å². The van der Waals surface area contributed by atoms with E-state index in [0.717, 1.165) is 25.9 Å². The number of ether oxygens (including phenoxy) is 2. The summed E-state index contributed by atoms with van der Waals surface area (Å²) in [6.45, 7) is 11.2. The Morgan fingerprint density at radius 1 is 0.833 bits per heavy atom. The number of aromatic nitrogens is 4. The van der Waals surface area contributed by atoms with Crippen LogP contribution in [0.2, 0.25) is 0 Å². The van der Waals surface area contributed by atoms with Crippen LogP contribution in [0.25, 0.3) is 0 Å². The van der Waals surface area contributed by atoms with Gasteiger partial charge in [0.1, 0.15) is 0 Å². The number of nitrogens with zero attached hydrogens (tertiary/aromatic N) is 4. The molecule has 2 aromatic heterocycles. The largest absolute Gasteiger partial charge is 0.377 e. The van der Waals surface area contributed by atoms with E-state index in [1.165, 1.54) is 0 Å². The van der Waals surface area contributed by atoms with Crippen molar-refractivity contribution in [1.29, 1.82) is 0 Å². The van der Waals surface area contributed by atoms with Gasteiger partial charge in [-0.25, -0.2) is 28.7 Å². The van der Waals surface area contributed by atoms with Crippen LogP contribution in [0.4, 0.5) is 20.7 Å². The molecule has 168 valence electrons. The van der Waals surface area contributed by atoms with Crippen molar-refractivity contribution in [2.45, 2.75) is 52.7 Å². The van der Waals surface area contributed by atoms with Crippen LogP contribution < -0.4 is 10.6 Å². The van der Waals surface area contributed by atoms with Gasteiger partial charge in [0.15, 0.2) is 0 Å². The number of hydrogen-bond donors (Lipinski definition) is 2. The number of halogens is 2. The minimum absolute atomic E-state index is 0.166. The van der Waals surface area contributed by atoms with Crippen molar-refractivity contribution in [2.24, 2.45) is 0 Å². The van der Waals surface area contributed by atoms with Crippen LogP contribution in [0.1, 0.15) is 40.2 Å². The first-order valence-electron chi connectivity index (χ1n) is 9.86. The summed E-state index contributed by atoms with van der Waals surface area (Å²) in [7, 11) is 0. The first-order chi connectivity index (χ1) is 14.2. The van der Waals surface area contributed by atoms with Crippen molar-refractivity contribution in [1.82, 2.24) is 19.9 Å². The molecule has 8 nitrogen and oxygen atoms in total. The molecule has 2 aromatic rings. The summed E-state index contributed by atoms with van der Waals surface area (Å²) in [5.74, 6) is -1.93. The van der Waals surface area contributed by atoms with E-state index in [-0.39, 0.29) is 17.8 Å². The molecule has 2 heterocycles. The highest BCUT2D eigenvalue weighted by Gasteiger charge is 2.24. The molecule has 0 unspecified atom stereocenters. The van der Waals surface area contributed by atoms with Crippen LogP contribution in [0.15, 0.2) is 30.9 Å². The van der Waals surface area contributed by atoms with E-state index in [1.807, 2.05) is 27.7 Å². The minimum atomic E-state index is -2.90. The Morgan fingerprint density at radius 3 is 1.67 bits per heavy atom. The van der Waals surface area contributed by atoms with Gasteiger partial charge in [-0.3, -0.25) is 0 Å². The standard InChI is InChI=1S/C11H17F2N3O.C9H15N3O/c1-8(2)17-5-4-14-10-15-6-9(7-16-10)11(3,12)13;1-8(2)13-7-6-12-9-10-4-3-5-11-9/h6-8H,4-5H2,1-3H3,(H,14,15,16);3-5,8H,6-7H2,1-2H3,(H,10,11,12). The second kappa shape index (κ2) is 13.7. The van der Waals surface area contributed by atoms with E-state index in [4.69, 9.17) is 9.47 Å². The third kappa shape index (κ3) is 12.2. The van der Waals surface area contributed by atoms with Crippen molar-refractivity contribution in [3.63, 3.8) is 0 Å². The zero-order valence-electron chi connectivity index (χ0n) is 18.2. The van der Waals surface area contributed by atoms with E-state index in [0.29, 0.717) is 31.7 Å². The first kappa shape index (κ1) is 25.6. The van der Waals surface area contributed by atoms with Crippen LogP contribution in [0.5, 0.6) is 0 Å². The number of alkyl halides is 2. The molecule has 0 aromatic carbocycles. The molecule has 2 rings (SSSR count). The van der Waals surface area contributed by atoms with Crippen molar-refractivity contribution < 1.29 is 18.3 Å². The van der Waals surface area contributed by atoms with Crippen LogP contribution in [0, 0.1) is 0 Å². The van der Waals surface area contributed by atoms with Crippen LogP contribution >= 0.6 is 0 Å². The van der Waals surface area contributed by atoms with Gasteiger partial charge >= 0.3 is 0 Å². The minimum Gasteiger partial charge on any atom is -0.377 e. The number of nitrogens with one attached hydrogen (secondary N) is 2. The Labute approximate surface area is 176 Å². The summed E-state index contributed by atoms with van der Waals surface area (Å²) in [5.41, 5.74) is -0.193. The molecule has 2 N–H and O–H groups in total. The Morgan fingerprint density at radius 2 is 1.27 bits per heavy atom. The van der Waals surface area contributed by atoms with Gasteiger partial charge in [-0.2, -0.15) is 0 Å². The molecule has 0 aliphatic rings. The average Bonchev–Trinajstić information content (AvgIpc) is 2.69. The lowest BCUT2D eigenvalue weighted by molar-refractivity contribution is 0.0167. The highest BCUT2D eigenvalue weighted by molar-refractivity contribution is 5.25. The highest BCUT2D eigenvalue weighted by atomic mass is 19.3. The summed E-state index contributed by atoms with van der Waals surface area (Å²) in [5, 5.41) is 5.94. The summed E-state index contributed by atoms with van der Waals surface area (Å²) >= 11 is 0. The van der Waals surface area contributed by atoms with Crippen molar-refractivity contribution in [3.05, 3.63) is 36.4 Å². The average molecular weight is 427 g/mol. The van der Waals surface area contributed by atoms with Gasteiger partial charge in [-0.1, -0.05) is 0 Å². The van der Waals surface area contributed by atoms with Crippen LogP contribution in [-0.4, -0.2) is 58.4 Å².